The van der Waals surface area contributed by atoms with Crippen LogP contribution in [-0.4, -0.2) is 33.0 Å². The van der Waals surface area contributed by atoms with Gasteiger partial charge < -0.3 is 4.74 Å². The maximum absolute atomic E-state index is 5.45. The summed E-state index contributed by atoms with van der Waals surface area (Å²) in [6, 6.07) is 5.80. The van der Waals surface area contributed by atoms with Crippen molar-refractivity contribution in [2.24, 2.45) is 0 Å². The number of aromatic amines is 1. The van der Waals surface area contributed by atoms with Crippen LogP contribution in [-0.2, 0) is 10.3 Å². The highest BCUT2D eigenvalue weighted by Gasteiger charge is 2.32. The number of ether oxygens (including phenoxy) is 1. The average Bonchev–Trinajstić information content (AvgIpc) is 2.83. The summed E-state index contributed by atoms with van der Waals surface area (Å²) < 4.78 is 8.19. The van der Waals surface area contributed by atoms with Gasteiger partial charge in [-0.05, 0) is 44.1 Å². The number of hydrogen-bond acceptors (Lipinski definition) is 4. The molecule has 1 N–H and O–H groups in total. The molecule has 6 heteroatoms. The summed E-state index contributed by atoms with van der Waals surface area (Å²) in [6.45, 7) is 3.71. The Bertz CT molecular complexity index is 613. The van der Waals surface area contributed by atoms with Crippen molar-refractivity contribution in [1.82, 2.24) is 19.7 Å². The van der Waals surface area contributed by atoms with Gasteiger partial charge in [-0.3, -0.25) is 14.6 Å². The lowest BCUT2D eigenvalue weighted by Gasteiger charge is -2.35. The number of nitrogens with zero attached hydrogens (tertiary/aromatic N) is 3. The van der Waals surface area contributed by atoms with E-state index in [2.05, 4.69) is 26.7 Å². The van der Waals surface area contributed by atoms with Crippen LogP contribution in [0.5, 0.6) is 0 Å². The van der Waals surface area contributed by atoms with E-state index in [0.717, 1.165) is 37.6 Å². The number of rotatable bonds is 2. The van der Waals surface area contributed by atoms with Gasteiger partial charge in [0.2, 0.25) is 0 Å². The van der Waals surface area contributed by atoms with E-state index in [1.807, 2.05) is 18.2 Å². The third kappa shape index (κ3) is 2.21. The molecule has 1 aliphatic heterocycles. The first-order valence-corrected chi connectivity index (χ1v) is 6.79. The second-order valence-corrected chi connectivity index (χ2v) is 5.40. The first-order chi connectivity index (χ1) is 9.21. The van der Waals surface area contributed by atoms with Crippen LogP contribution in [0.1, 0.15) is 19.8 Å². The van der Waals surface area contributed by atoms with Crippen LogP contribution in [0.3, 0.4) is 0 Å². The summed E-state index contributed by atoms with van der Waals surface area (Å²) in [6.07, 6.45) is 3.63. The normalized spacial score (nSPS) is 18.4. The summed E-state index contributed by atoms with van der Waals surface area (Å²) in [5, 5.41) is 7.24. The van der Waals surface area contributed by atoms with Crippen LogP contribution >= 0.6 is 12.2 Å². The molecule has 100 valence electrons. The highest BCUT2D eigenvalue weighted by molar-refractivity contribution is 7.71. The van der Waals surface area contributed by atoms with E-state index in [1.165, 1.54) is 0 Å². The van der Waals surface area contributed by atoms with E-state index < -0.39 is 0 Å². The number of hydrogen-bond donors (Lipinski definition) is 1. The highest BCUT2D eigenvalue weighted by atomic mass is 32.1. The first-order valence-electron chi connectivity index (χ1n) is 6.38. The Kier molecular flexibility index (Phi) is 3.20. The van der Waals surface area contributed by atoms with Gasteiger partial charge in [-0.1, -0.05) is 6.07 Å². The number of aromatic nitrogens is 4. The van der Waals surface area contributed by atoms with Gasteiger partial charge in [0.1, 0.15) is 5.69 Å². The quantitative estimate of drug-likeness (QED) is 0.856. The minimum Gasteiger partial charge on any atom is -0.381 e. The van der Waals surface area contributed by atoms with Gasteiger partial charge in [-0.15, -0.1) is 0 Å². The average molecular weight is 276 g/mol. The molecule has 3 rings (SSSR count). The van der Waals surface area contributed by atoms with E-state index in [0.29, 0.717) is 4.77 Å². The second kappa shape index (κ2) is 4.86. The molecule has 2 aromatic rings. The van der Waals surface area contributed by atoms with Gasteiger partial charge in [0.05, 0.1) is 5.54 Å². The van der Waals surface area contributed by atoms with Crippen LogP contribution in [0, 0.1) is 4.77 Å². The third-order valence-electron chi connectivity index (χ3n) is 3.68. The predicted molar refractivity (Wildman–Crippen MR) is 74.3 cm³/mol. The topological polar surface area (TPSA) is 55.7 Å². The van der Waals surface area contributed by atoms with Crippen LogP contribution in [0.4, 0.5) is 0 Å². The van der Waals surface area contributed by atoms with Crippen LogP contribution in [0.15, 0.2) is 24.4 Å². The number of H-pyrrole nitrogens is 1. The molecule has 0 bridgehead atoms. The van der Waals surface area contributed by atoms with E-state index in [4.69, 9.17) is 17.0 Å². The molecule has 0 radical (unpaired) electrons. The van der Waals surface area contributed by atoms with Gasteiger partial charge in [0.25, 0.3) is 0 Å². The monoisotopic (exact) mass is 276 g/mol. The Hall–Kier alpha value is -1.53. The Morgan fingerprint density at radius 1 is 1.37 bits per heavy atom. The molecule has 0 unspecified atom stereocenters. The zero-order valence-electron chi connectivity index (χ0n) is 10.8. The van der Waals surface area contributed by atoms with Gasteiger partial charge in [-0.25, -0.2) is 0 Å². The first kappa shape index (κ1) is 12.5. The van der Waals surface area contributed by atoms with Crippen molar-refractivity contribution in [3.8, 4) is 11.5 Å². The van der Waals surface area contributed by atoms with Gasteiger partial charge in [-0.2, -0.15) is 5.10 Å². The largest absolute Gasteiger partial charge is 0.381 e. The van der Waals surface area contributed by atoms with Crippen molar-refractivity contribution < 1.29 is 4.74 Å². The van der Waals surface area contributed by atoms with E-state index in [-0.39, 0.29) is 5.54 Å². The second-order valence-electron chi connectivity index (χ2n) is 5.01. The number of pyridine rings is 1. The van der Waals surface area contributed by atoms with Gasteiger partial charge in [0, 0.05) is 19.4 Å². The standard InChI is InChI=1S/C13H16N4OS/c1-13(5-8-18-9-6-13)17-11(15-16-12(17)19)10-4-2-3-7-14-10/h2-4,7H,5-6,8-9H2,1H3,(H,16,19). The van der Waals surface area contributed by atoms with Gasteiger partial charge >= 0.3 is 0 Å². The van der Waals surface area contributed by atoms with Gasteiger partial charge in [0.15, 0.2) is 10.6 Å². The fourth-order valence-corrected chi connectivity index (χ4v) is 2.85. The summed E-state index contributed by atoms with van der Waals surface area (Å²) in [5.41, 5.74) is 0.775. The van der Waals surface area contributed by atoms with Crippen LogP contribution in [0.25, 0.3) is 11.5 Å². The molecule has 0 atom stereocenters. The van der Waals surface area contributed by atoms with Crippen LogP contribution in [0.2, 0.25) is 0 Å². The highest BCUT2D eigenvalue weighted by Crippen LogP contribution is 2.32. The number of nitrogens with one attached hydrogen (secondary N) is 1. The summed E-state index contributed by atoms with van der Waals surface area (Å²) in [5.74, 6) is 0.801. The lowest BCUT2D eigenvalue weighted by atomic mass is 9.92. The maximum Gasteiger partial charge on any atom is 0.196 e. The summed E-state index contributed by atoms with van der Waals surface area (Å²) in [7, 11) is 0. The molecule has 0 spiro atoms. The molecule has 19 heavy (non-hydrogen) atoms. The SMILES string of the molecule is CC1(n2c(-c3ccccn3)n[nH]c2=S)CCOCC1. The predicted octanol–water partition coefficient (Wildman–Crippen LogP) is 2.53. The van der Waals surface area contributed by atoms with Crippen molar-refractivity contribution in [3.63, 3.8) is 0 Å². The molecule has 3 heterocycles. The Balaban J connectivity index is 2.11. The molecule has 1 fully saturated rings. The lowest BCUT2D eigenvalue weighted by molar-refractivity contribution is 0.0294. The van der Waals surface area contributed by atoms with Crippen molar-refractivity contribution in [3.05, 3.63) is 29.2 Å². The minimum absolute atomic E-state index is 0.0603. The van der Waals surface area contributed by atoms with Crippen molar-refractivity contribution in [2.45, 2.75) is 25.3 Å². The maximum atomic E-state index is 5.45. The molecular formula is C13H16N4OS. The zero-order chi connectivity index (χ0) is 13.3. The smallest absolute Gasteiger partial charge is 0.196 e. The summed E-state index contributed by atoms with van der Waals surface area (Å²) >= 11 is 5.40. The lowest BCUT2D eigenvalue weighted by Crippen LogP contribution is -2.37. The van der Waals surface area contributed by atoms with E-state index in [9.17, 15) is 0 Å². The Morgan fingerprint density at radius 2 is 2.16 bits per heavy atom. The molecular weight excluding hydrogens is 260 g/mol. The Labute approximate surface area is 116 Å². The molecule has 0 aliphatic carbocycles. The minimum atomic E-state index is -0.0603. The molecule has 5 nitrogen and oxygen atoms in total. The molecule has 2 aromatic heterocycles. The van der Waals surface area contributed by atoms with Crippen molar-refractivity contribution in [2.75, 3.05) is 13.2 Å². The van der Waals surface area contributed by atoms with Crippen molar-refractivity contribution in [1.29, 1.82) is 0 Å². The zero-order valence-corrected chi connectivity index (χ0v) is 11.6. The summed E-state index contributed by atoms with van der Waals surface area (Å²) in [4.78, 5) is 4.37. The van der Waals surface area contributed by atoms with Crippen molar-refractivity contribution >= 4 is 12.2 Å². The Morgan fingerprint density at radius 3 is 2.84 bits per heavy atom. The molecule has 0 saturated carbocycles. The fourth-order valence-electron chi connectivity index (χ4n) is 2.50. The molecule has 0 amide bonds. The molecule has 0 aromatic carbocycles. The molecule has 1 aliphatic rings. The third-order valence-corrected chi connectivity index (χ3v) is 3.95. The van der Waals surface area contributed by atoms with Crippen LogP contribution < -0.4 is 0 Å². The fraction of sp³-hybridized carbons (Fsp3) is 0.462. The van der Waals surface area contributed by atoms with E-state index >= 15 is 0 Å². The van der Waals surface area contributed by atoms with E-state index in [1.54, 1.807) is 6.20 Å². The molecule has 1 saturated heterocycles.